The van der Waals surface area contributed by atoms with Gasteiger partial charge in [-0.05, 0) is 6.07 Å². The van der Waals surface area contributed by atoms with E-state index in [1.807, 2.05) is 0 Å². The molecule has 0 heterocycles. The van der Waals surface area contributed by atoms with Crippen molar-refractivity contribution in [2.75, 3.05) is 0 Å². The molecule has 1 radical (unpaired) electrons. The SMILES string of the molecule is N[N+](=O)c1c[c]ccc1. The van der Waals surface area contributed by atoms with E-state index in [2.05, 4.69) is 6.07 Å². The van der Waals surface area contributed by atoms with E-state index in [4.69, 9.17) is 5.84 Å². The standard InChI is InChI=1S/C6H6N2O/c7-8(9)6-4-2-1-3-5-6/h1-2,4-5H,(H2,7,9)/q+1. The Bertz CT molecular complexity index is 208. The number of hydrazine groups is 1. The summed E-state index contributed by atoms with van der Waals surface area (Å²) in [6.07, 6.45) is 0. The van der Waals surface area contributed by atoms with Crippen molar-refractivity contribution < 1.29 is 4.87 Å². The Kier molecular flexibility index (Phi) is 1.44. The van der Waals surface area contributed by atoms with Crippen LogP contribution in [0.2, 0.25) is 0 Å². The summed E-state index contributed by atoms with van der Waals surface area (Å²) in [4.78, 5) is 10.6. The van der Waals surface area contributed by atoms with Crippen molar-refractivity contribution in [3.8, 4) is 0 Å². The molecule has 0 atom stereocenters. The van der Waals surface area contributed by atoms with Crippen LogP contribution in [0, 0.1) is 11.0 Å². The molecule has 1 aromatic rings. The molecule has 0 unspecified atom stereocenters. The minimum Gasteiger partial charge on any atom is -0.159 e. The Morgan fingerprint density at radius 1 is 1.67 bits per heavy atom. The van der Waals surface area contributed by atoms with Crippen LogP contribution in [0.15, 0.2) is 24.3 Å². The first-order valence-corrected chi connectivity index (χ1v) is 2.49. The lowest BCUT2D eigenvalue weighted by Gasteiger charge is -1.80. The molecule has 0 aliphatic rings. The zero-order chi connectivity index (χ0) is 6.69. The first-order valence-electron chi connectivity index (χ1n) is 2.49. The number of nitrogens with two attached hydrogens (primary N) is 1. The van der Waals surface area contributed by atoms with E-state index in [0.29, 0.717) is 10.6 Å². The highest BCUT2D eigenvalue weighted by atomic mass is 16.3. The first kappa shape index (κ1) is 5.75. The summed E-state index contributed by atoms with van der Waals surface area (Å²) in [5, 5.41) is 0. The molecule has 0 saturated carbocycles. The lowest BCUT2D eigenvalue weighted by atomic mass is 10.3. The number of rotatable bonds is 1. The third-order valence-corrected chi connectivity index (χ3v) is 0.945. The predicted molar refractivity (Wildman–Crippen MR) is 32.8 cm³/mol. The van der Waals surface area contributed by atoms with E-state index in [1.54, 1.807) is 18.2 Å². The minimum atomic E-state index is 0.302. The Hall–Kier alpha value is -1.38. The summed E-state index contributed by atoms with van der Waals surface area (Å²) in [7, 11) is 0. The number of benzene rings is 1. The van der Waals surface area contributed by atoms with Crippen molar-refractivity contribution in [3.05, 3.63) is 35.2 Å². The van der Waals surface area contributed by atoms with Crippen molar-refractivity contribution in [1.82, 2.24) is 0 Å². The third kappa shape index (κ3) is 1.25. The van der Waals surface area contributed by atoms with Crippen molar-refractivity contribution in [1.29, 1.82) is 0 Å². The minimum absolute atomic E-state index is 0.302. The Morgan fingerprint density at radius 3 is 2.78 bits per heavy atom. The van der Waals surface area contributed by atoms with E-state index in [0.717, 1.165) is 0 Å². The topological polar surface area (TPSA) is 46.1 Å². The van der Waals surface area contributed by atoms with E-state index in [-0.39, 0.29) is 0 Å². The fourth-order valence-corrected chi connectivity index (χ4v) is 0.521. The van der Waals surface area contributed by atoms with Crippen LogP contribution in [0.25, 0.3) is 0 Å². The fourth-order valence-electron chi connectivity index (χ4n) is 0.521. The van der Waals surface area contributed by atoms with Gasteiger partial charge in [-0.25, -0.2) is 0 Å². The van der Waals surface area contributed by atoms with Crippen molar-refractivity contribution in [2.24, 2.45) is 5.84 Å². The van der Waals surface area contributed by atoms with Crippen LogP contribution < -0.4 is 5.84 Å². The maximum atomic E-state index is 10.3. The number of hydrogen-bond acceptors (Lipinski definition) is 1. The summed E-state index contributed by atoms with van der Waals surface area (Å²) in [5.41, 5.74) is 0.414. The van der Waals surface area contributed by atoms with E-state index < -0.39 is 0 Å². The molecule has 0 fully saturated rings. The van der Waals surface area contributed by atoms with Crippen LogP contribution in [0.1, 0.15) is 0 Å². The van der Waals surface area contributed by atoms with Crippen molar-refractivity contribution in [2.45, 2.75) is 0 Å². The van der Waals surface area contributed by atoms with Gasteiger partial charge < -0.3 is 0 Å². The molecule has 0 bridgehead atoms. The van der Waals surface area contributed by atoms with Gasteiger partial charge in [-0.3, -0.25) is 0 Å². The first-order chi connectivity index (χ1) is 4.30. The van der Waals surface area contributed by atoms with Gasteiger partial charge in [-0.1, -0.05) is 12.1 Å². The Labute approximate surface area is 52.6 Å². The van der Waals surface area contributed by atoms with Gasteiger partial charge in [0.25, 0.3) is 5.69 Å². The van der Waals surface area contributed by atoms with Gasteiger partial charge in [0.05, 0.1) is 4.91 Å². The van der Waals surface area contributed by atoms with Gasteiger partial charge in [0, 0.05) is 12.1 Å². The second kappa shape index (κ2) is 2.26. The highest BCUT2D eigenvalue weighted by Crippen LogP contribution is 2.04. The quantitative estimate of drug-likeness (QED) is 0.339. The second-order valence-corrected chi connectivity index (χ2v) is 1.59. The molecule has 0 aromatic heterocycles. The zero-order valence-electron chi connectivity index (χ0n) is 4.74. The van der Waals surface area contributed by atoms with Crippen LogP contribution in [-0.2, 0) is 0 Å². The van der Waals surface area contributed by atoms with Gasteiger partial charge in [-0.15, -0.1) is 0 Å². The molecule has 9 heavy (non-hydrogen) atoms. The molecule has 1 rings (SSSR count). The molecular weight excluding hydrogens is 116 g/mol. The van der Waals surface area contributed by atoms with E-state index in [1.165, 1.54) is 6.07 Å². The molecule has 0 aliphatic carbocycles. The second-order valence-electron chi connectivity index (χ2n) is 1.59. The van der Waals surface area contributed by atoms with E-state index >= 15 is 0 Å². The Balaban J connectivity index is 2.98. The largest absolute Gasteiger partial charge is 0.292 e. The molecular formula is C6H6N2O+. The molecule has 0 amide bonds. The van der Waals surface area contributed by atoms with Gasteiger partial charge in [0.2, 0.25) is 0 Å². The average molecular weight is 122 g/mol. The highest BCUT2D eigenvalue weighted by Gasteiger charge is 2.03. The number of nitrogens with zero attached hydrogens (tertiary/aromatic N) is 1. The van der Waals surface area contributed by atoms with Crippen molar-refractivity contribution in [3.63, 3.8) is 0 Å². The summed E-state index contributed by atoms with van der Waals surface area (Å²) in [5.74, 6) is 4.87. The van der Waals surface area contributed by atoms with Crippen LogP contribution in [-0.4, -0.2) is 4.87 Å². The van der Waals surface area contributed by atoms with Crippen molar-refractivity contribution >= 4 is 5.69 Å². The molecule has 3 nitrogen and oxygen atoms in total. The smallest absolute Gasteiger partial charge is 0.159 e. The van der Waals surface area contributed by atoms with Crippen LogP contribution in [0.5, 0.6) is 0 Å². The zero-order valence-corrected chi connectivity index (χ0v) is 4.74. The predicted octanol–water partition coefficient (Wildman–Crippen LogP) is 0.771. The van der Waals surface area contributed by atoms with Crippen LogP contribution in [0.4, 0.5) is 5.69 Å². The van der Waals surface area contributed by atoms with Gasteiger partial charge >= 0.3 is 0 Å². The monoisotopic (exact) mass is 122 g/mol. The maximum Gasteiger partial charge on any atom is 0.292 e. The van der Waals surface area contributed by atoms with Crippen LogP contribution in [0.3, 0.4) is 0 Å². The summed E-state index contributed by atoms with van der Waals surface area (Å²) in [6.45, 7) is 0. The summed E-state index contributed by atoms with van der Waals surface area (Å²) in [6, 6.07) is 9.26. The normalized spacial score (nSPS) is 8.89. The average Bonchev–Trinajstić information content (AvgIpc) is 1.90. The summed E-state index contributed by atoms with van der Waals surface area (Å²) < 4.78 is 0. The van der Waals surface area contributed by atoms with Gasteiger partial charge in [0.15, 0.2) is 4.87 Å². The number of nitroso groups, excluding NO2 is 1. The molecule has 0 saturated heterocycles. The summed E-state index contributed by atoms with van der Waals surface area (Å²) >= 11 is 0. The van der Waals surface area contributed by atoms with E-state index in [9.17, 15) is 4.91 Å². The van der Waals surface area contributed by atoms with Gasteiger partial charge in [-0.2, -0.15) is 5.84 Å². The Morgan fingerprint density at radius 2 is 2.44 bits per heavy atom. The number of hydrogen-bond donors (Lipinski definition) is 1. The molecule has 45 valence electrons. The lowest BCUT2D eigenvalue weighted by molar-refractivity contribution is -0.474. The molecule has 2 N–H and O–H groups in total. The lowest BCUT2D eigenvalue weighted by Crippen LogP contribution is -2.08. The molecule has 1 aromatic carbocycles. The molecule has 0 aliphatic heterocycles. The van der Waals surface area contributed by atoms with Gasteiger partial charge in [0.1, 0.15) is 0 Å². The molecule has 3 heteroatoms. The fraction of sp³-hybridized carbons (Fsp3) is 0. The maximum absolute atomic E-state index is 10.3. The third-order valence-electron chi connectivity index (χ3n) is 0.945. The highest BCUT2D eigenvalue weighted by molar-refractivity contribution is 5.26. The molecule has 0 spiro atoms. The van der Waals surface area contributed by atoms with Crippen LogP contribution >= 0.6 is 0 Å².